The van der Waals surface area contributed by atoms with Crippen molar-refractivity contribution < 1.29 is 28.6 Å². The molecule has 1 aliphatic heterocycles. The standard InChI is InChI=1S/C28H27ClF2N2O4/c1-3-18-6-4-5-7-21(18)25(35)32-23-10-8-19(14-17(23)2)26(36)33-13-12-28(30,31)27(37,16-34)22-15-20(29)9-11-24(22)33/h4-11,14-15,34,37H,3,12-13,16H2,1-2H3,(H,32,35)/t27-/m0/s1. The van der Waals surface area contributed by atoms with Gasteiger partial charge in [0.2, 0.25) is 0 Å². The number of alkyl halides is 2. The molecular formula is C28H27ClF2N2O4. The molecular weight excluding hydrogens is 502 g/mol. The van der Waals surface area contributed by atoms with Gasteiger partial charge in [-0.2, -0.15) is 0 Å². The predicted octanol–water partition coefficient (Wildman–Crippen LogP) is 5.33. The monoisotopic (exact) mass is 528 g/mol. The van der Waals surface area contributed by atoms with Crippen molar-refractivity contribution in [3.8, 4) is 0 Å². The number of rotatable bonds is 5. The van der Waals surface area contributed by atoms with Gasteiger partial charge in [0.1, 0.15) is 0 Å². The number of aliphatic hydroxyl groups is 2. The molecule has 1 aliphatic rings. The first kappa shape index (κ1) is 26.7. The van der Waals surface area contributed by atoms with Crippen LogP contribution in [0.4, 0.5) is 20.2 Å². The number of carbonyl (C=O) groups excluding carboxylic acids is 2. The zero-order valence-electron chi connectivity index (χ0n) is 20.4. The molecule has 0 aliphatic carbocycles. The van der Waals surface area contributed by atoms with Crippen LogP contribution in [0, 0.1) is 6.92 Å². The number of hydrogen-bond acceptors (Lipinski definition) is 4. The Morgan fingerprint density at radius 2 is 1.84 bits per heavy atom. The van der Waals surface area contributed by atoms with Crippen LogP contribution in [-0.4, -0.2) is 41.1 Å². The summed E-state index contributed by atoms with van der Waals surface area (Å²) >= 11 is 6.02. The highest BCUT2D eigenvalue weighted by molar-refractivity contribution is 6.30. The third-order valence-corrected chi connectivity index (χ3v) is 7.02. The van der Waals surface area contributed by atoms with Crippen molar-refractivity contribution in [2.75, 3.05) is 23.4 Å². The van der Waals surface area contributed by atoms with Crippen LogP contribution in [-0.2, 0) is 12.0 Å². The van der Waals surface area contributed by atoms with Crippen molar-refractivity contribution in [3.05, 3.63) is 93.5 Å². The van der Waals surface area contributed by atoms with E-state index in [1.165, 1.54) is 18.2 Å². The van der Waals surface area contributed by atoms with Gasteiger partial charge in [-0.25, -0.2) is 8.78 Å². The Morgan fingerprint density at radius 1 is 1.11 bits per heavy atom. The molecule has 1 atom stereocenters. The average Bonchev–Trinajstić information content (AvgIpc) is 2.97. The van der Waals surface area contributed by atoms with E-state index in [0.717, 1.165) is 16.5 Å². The molecule has 1 heterocycles. The lowest BCUT2D eigenvalue weighted by Gasteiger charge is -2.33. The van der Waals surface area contributed by atoms with Gasteiger partial charge in [-0.05, 0) is 66.9 Å². The lowest BCUT2D eigenvalue weighted by atomic mass is 9.86. The number of aliphatic hydroxyl groups excluding tert-OH is 1. The zero-order chi connectivity index (χ0) is 27.0. The van der Waals surface area contributed by atoms with Gasteiger partial charge in [0, 0.05) is 40.4 Å². The summed E-state index contributed by atoms with van der Waals surface area (Å²) < 4.78 is 29.9. The second-order valence-electron chi connectivity index (χ2n) is 9.09. The van der Waals surface area contributed by atoms with Crippen LogP contribution in [0.15, 0.2) is 60.7 Å². The van der Waals surface area contributed by atoms with E-state index in [-0.39, 0.29) is 27.7 Å². The first-order chi connectivity index (χ1) is 17.5. The highest BCUT2D eigenvalue weighted by atomic mass is 35.5. The van der Waals surface area contributed by atoms with Crippen LogP contribution >= 0.6 is 11.6 Å². The molecule has 0 radical (unpaired) electrons. The maximum atomic E-state index is 15.0. The number of carbonyl (C=O) groups is 2. The molecule has 3 aromatic carbocycles. The van der Waals surface area contributed by atoms with Crippen LogP contribution in [0.1, 0.15) is 50.8 Å². The van der Waals surface area contributed by atoms with Crippen molar-refractivity contribution in [2.24, 2.45) is 0 Å². The molecule has 37 heavy (non-hydrogen) atoms. The fourth-order valence-corrected chi connectivity index (χ4v) is 4.77. The van der Waals surface area contributed by atoms with Gasteiger partial charge in [0.15, 0.2) is 5.60 Å². The summed E-state index contributed by atoms with van der Waals surface area (Å²) in [6, 6.07) is 15.9. The van der Waals surface area contributed by atoms with E-state index in [0.29, 0.717) is 23.2 Å². The van der Waals surface area contributed by atoms with E-state index in [1.54, 1.807) is 31.2 Å². The highest BCUT2D eigenvalue weighted by Gasteiger charge is 2.56. The van der Waals surface area contributed by atoms with Crippen molar-refractivity contribution in [3.63, 3.8) is 0 Å². The summed E-state index contributed by atoms with van der Waals surface area (Å²) in [5.74, 6) is -4.56. The molecule has 2 amide bonds. The maximum Gasteiger partial charge on any atom is 0.284 e. The van der Waals surface area contributed by atoms with Gasteiger partial charge < -0.3 is 20.4 Å². The Bertz CT molecular complexity index is 1360. The van der Waals surface area contributed by atoms with Crippen molar-refractivity contribution in [1.82, 2.24) is 0 Å². The minimum Gasteiger partial charge on any atom is -0.393 e. The summed E-state index contributed by atoms with van der Waals surface area (Å²) in [6.45, 7) is 2.05. The second-order valence-corrected chi connectivity index (χ2v) is 9.52. The summed E-state index contributed by atoms with van der Waals surface area (Å²) in [5.41, 5.74) is -0.397. The number of nitrogens with one attached hydrogen (secondary N) is 1. The lowest BCUT2D eigenvalue weighted by molar-refractivity contribution is -0.205. The van der Waals surface area contributed by atoms with Gasteiger partial charge >= 0.3 is 0 Å². The molecule has 194 valence electrons. The Labute approximate surface area is 218 Å². The Kier molecular flexibility index (Phi) is 7.37. The molecule has 0 saturated carbocycles. The minimum absolute atomic E-state index is 0.0364. The molecule has 9 heteroatoms. The molecule has 0 saturated heterocycles. The minimum atomic E-state index is -3.71. The Morgan fingerprint density at radius 3 is 2.51 bits per heavy atom. The third-order valence-electron chi connectivity index (χ3n) is 6.79. The summed E-state index contributed by atoms with van der Waals surface area (Å²) in [7, 11) is 0. The van der Waals surface area contributed by atoms with Gasteiger partial charge in [0.25, 0.3) is 17.7 Å². The molecule has 6 nitrogen and oxygen atoms in total. The van der Waals surface area contributed by atoms with Gasteiger partial charge in [0.05, 0.1) is 12.3 Å². The van der Waals surface area contributed by atoms with E-state index in [2.05, 4.69) is 5.32 Å². The van der Waals surface area contributed by atoms with Crippen molar-refractivity contribution in [2.45, 2.75) is 38.2 Å². The number of anilines is 2. The highest BCUT2D eigenvalue weighted by Crippen LogP contribution is 2.47. The van der Waals surface area contributed by atoms with E-state index in [4.69, 9.17) is 11.6 Å². The zero-order valence-corrected chi connectivity index (χ0v) is 21.1. The first-order valence-electron chi connectivity index (χ1n) is 11.8. The molecule has 0 unspecified atom stereocenters. The summed E-state index contributed by atoms with van der Waals surface area (Å²) in [5, 5.41) is 23.5. The van der Waals surface area contributed by atoms with Gasteiger partial charge in [-0.3, -0.25) is 9.59 Å². The number of amides is 2. The molecule has 3 N–H and O–H groups in total. The SMILES string of the molecule is CCc1ccccc1C(=O)Nc1ccc(C(=O)N2CCC(F)(F)[C@](O)(CO)c3cc(Cl)ccc32)cc1C. The summed E-state index contributed by atoms with van der Waals surface area (Å²) in [4.78, 5) is 27.5. The third kappa shape index (κ3) is 4.84. The lowest BCUT2D eigenvalue weighted by Crippen LogP contribution is -2.48. The molecule has 0 bridgehead atoms. The fraction of sp³-hybridized carbons (Fsp3) is 0.286. The molecule has 4 rings (SSSR count). The van der Waals surface area contributed by atoms with Crippen LogP contribution in [0.2, 0.25) is 5.02 Å². The normalized spacial score (nSPS) is 18.6. The number of aryl methyl sites for hydroxylation is 2. The van der Waals surface area contributed by atoms with Crippen LogP contribution in [0.5, 0.6) is 0 Å². The number of hydrogen-bond donors (Lipinski definition) is 3. The topological polar surface area (TPSA) is 89.9 Å². The molecule has 3 aromatic rings. The summed E-state index contributed by atoms with van der Waals surface area (Å²) in [6.07, 6.45) is -0.172. The van der Waals surface area contributed by atoms with Gasteiger partial charge in [-0.1, -0.05) is 36.7 Å². The van der Waals surface area contributed by atoms with E-state index in [9.17, 15) is 28.6 Å². The van der Waals surface area contributed by atoms with Crippen LogP contribution < -0.4 is 10.2 Å². The average molecular weight is 529 g/mol. The van der Waals surface area contributed by atoms with Crippen molar-refractivity contribution >= 4 is 34.8 Å². The smallest absolute Gasteiger partial charge is 0.284 e. The van der Waals surface area contributed by atoms with Crippen molar-refractivity contribution in [1.29, 1.82) is 0 Å². The van der Waals surface area contributed by atoms with E-state index < -0.39 is 37.0 Å². The Hall–Kier alpha value is -3.33. The van der Waals surface area contributed by atoms with E-state index in [1.807, 2.05) is 19.1 Å². The number of fused-ring (bicyclic) bond motifs is 1. The Balaban J connectivity index is 1.66. The molecule has 0 fully saturated rings. The predicted molar refractivity (Wildman–Crippen MR) is 139 cm³/mol. The number of nitrogens with zero attached hydrogens (tertiary/aromatic N) is 1. The van der Waals surface area contributed by atoms with Crippen LogP contribution in [0.3, 0.4) is 0 Å². The number of halogens is 3. The maximum absolute atomic E-state index is 15.0. The first-order valence-corrected chi connectivity index (χ1v) is 12.2. The second kappa shape index (κ2) is 10.2. The largest absolute Gasteiger partial charge is 0.393 e. The van der Waals surface area contributed by atoms with Crippen LogP contribution in [0.25, 0.3) is 0 Å². The number of benzene rings is 3. The molecule has 0 aromatic heterocycles. The van der Waals surface area contributed by atoms with E-state index >= 15 is 0 Å². The van der Waals surface area contributed by atoms with Gasteiger partial charge in [-0.15, -0.1) is 0 Å². The quantitative estimate of drug-likeness (QED) is 0.417. The fourth-order valence-electron chi connectivity index (χ4n) is 4.60. The molecule has 0 spiro atoms.